The first-order valence-electron chi connectivity index (χ1n) is 9.52. The van der Waals surface area contributed by atoms with E-state index in [-0.39, 0.29) is 18.6 Å². The summed E-state index contributed by atoms with van der Waals surface area (Å²) in [4.78, 5) is 28.4. The Balaban J connectivity index is 1.70. The van der Waals surface area contributed by atoms with E-state index in [4.69, 9.17) is 4.74 Å². The first-order chi connectivity index (χ1) is 13.5. The number of carbonyl (C=O) groups is 1. The van der Waals surface area contributed by atoms with Crippen LogP contribution >= 0.6 is 0 Å². The van der Waals surface area contributed by atoms with Crippen molar-refractivity contribution in [3.63, 3.8) is 0 Å². The normalized spacial score (nSPS) is 17.6. The van der Waals surface area contributed by atoms with Gasteiger partial charge in [-0.1, -0.05) is 0 Å². The number of nitrogens with one attached hydrogen (secondary N) is 1. The summed E-state index contributed by atoms with van der Waals surface area (Å²) in [5.41, 5.74) is 1.45. The SMILES string of the molecule is CN(C)C(=O)NCCN(C)c1ncnc2c1ncn2CC(CO)C1CCOC1. The summed E-state index contributed by atoms with van der Waals surface area (Å²) in [6.07, 6.45) is 4.25. The van der Waals surface area contributed by atoms with Gasteiger partial charge in [-0.3, -0.25) is 0 Å². The van der Waals surface area contributed by atoms with E-state index in [1.165, 1.54) is 11.2 Å². The van der Waals surface area contributed by atoms with Gasteiger partial charge >= 0.3 is 6.03 Å². The second-order valence-corrected chi connectivity index (χ2v) is 7.38. The fourth-order valence-corrected chi connectivity index (χ4v) is 3.41. The third kappa shape index (κ3) is 4.50. The molecule has 1 fully saturated rings. The van der Waals surface area contributed by atoms with Gasteiger partial charge in [-0.15, -0.1) is 0 Å². The molecule has 0 spiro atoms. The van der Waals surface area contributed by atoms with Crippen LogP contribution in [0.5, 0.6) is 0 Å². The van der Waals surface area contributed by atoms with Crippen molar-refractivity contribution in [3.05, 3.63) is 12.7 Å². The molecule has 10 nitrogen and oxygen atoms in total. The molecule has 2 amide bonds. The molecule has 10 heteroatoms. The van der Waals surface area contributed by atoms with Crippen LogP contribution in [-0.4, -0.2) is 89.6 Å². The van der Waals surface area contributed by atoms with E-state index in [1.54, 1.807) is 20.4 Å². The van der Waals surface area contributed by atoms with Gasteiger partial charge in [-0.05, 0) is 12.3 Å². The van der Waals surface area contributed by atoms with E-state index in [2.05, 4.69) is 20.3 Å². The molecule has 1 saturated heterocycles. The number of hydrogen-bond acceptors (Lipinski definition) is 7. The molecule has 1 aliphatic rings. The van der Waals surface area contributed by atoms with Crippen molar-refractivity contribution in [2.75, 3.05) is 59.0 Å². The summed E-state index contributed by atoms with van der Waals surface area (Å²) >= 11 is 0. The Labute approximate surface area is 164 Å². The maximum atomic E-state index is 11.6. The maximum Gasteiger partial charge on any atom is 0.316 e. The fourth-order valence-electron chi connectivity index (χ4n) is 3.41. The molecule has 28 heavy (non-hydrogen) atoms. The minimum Gasteiger partial charge on any atom is -0.396 e. The smallest absolute Gasteiger partial charge is 0.316 e. The number of carbonyl (C=O) groups excluding carboxylic acids is 1. The highest BCUT2D eigenvalue weighted by Gasteiger charge is 2.26. The lowest BCUT2D eigenvalue weighted by atomic mass is 9.92. The van der Waals surface area contributed by atoms with Gasteiger partial charge in [0.05, 0.1) is 6.33 Å². The Kier molecular flexibility index (Phi) is 6.63. The van der Waals surface area contributed by atoms with Crippen LogP contribution in [0.3, 0.4) is 0 Å². The quantitative estimate of drug-likeness (QED) is 0.661. The molecule has 3 rings (SSSR count). The minimum absolute atomic E-state index is 0.108. The number of aromatic nitrogens is 4. The van der Waals surface area contributed by atoms with Crippen molar-refractivity contribution >= 4 is 23.0 Å². The van der Waals surface area contributed by atoms with Crippen LogP contribution in [0.1, 0.15) is 6.42 Å². The van der Waals surface area contributed by atoms with Crippen molar-refractivity contribution < 1.29 is 14.6 Å². The zero-order chi connectivity index (χ0) is 20.1. The van der Waals surface area contributed by atoms with Gasteiger partial charge in [0.2, 0.25) is 0 Å². The first-order valence-corrected chi connectivity index (χ1v) is 9.52. The van der Waals surface area contributed by atoms with E-state index >= 15 is 0 Å². The number of amides is 2. The van der Waals surface area contributed by atoms with E-state index in [1.807, 2.05) is 16.5 Å². The van der Waals surface area contributed by atoms with Crippen molar-refractivity contribution in [2.45, 2.75) is 13.0 Å². The number of urea groups is 1. The average molecular weight is 391 g/mol. The maximum absolute atomic E-state index is 11.6. The molecular formula is C18H29N7O3. The highest BCUT2D eigenvalue weighted by Crippen LogP contribution is 2.26. The predicted octanol–water partition coefficient (Wildman–Crippen LogP) is 0.179. The van der Waals surface area contributed by atoms with Crippen LogP contribution in [-0.2, 0) is 11.3 Å². The standard InChI is InChI=1S/C18H29N7O3/c1-23(2)18(27)19-5-6-24(3)16-15-17(21-11-20-16)25(12-22-15)8-14(9-26)13-4-7-28-10-13/h11-14,26H,4-10H2,1-3H3,(H,19,27). The zero-order valence-corrected chi connectivity index (χ0v) is 16.7. The number of fused-ring (bicyclic) bond motifs is 1. The molecule has 154 valence electrons. The van der Waals surface area contributed by atoms with Crippen LogP contribution in [0.25, 0.3) is 11.2 Å². The largest absolute Gasteiger partial charge is 0.396 e. The molecule has 0 saturated carbocycles. The Morgan fingerprint density at radius 2 is 2.21 bits per heavy atom. The molecule has 0 aliphatic carbocycles. The first kappa shape index (κ1) is 20.3. The van der Waals surface area contributed by atoms with Crippen LogP contribution in [0, 0.1) is 11.8 Å². The topological polar surface area (TPSA) is 109 Å². The zero-order valence-electron chi connectivity index (χ0n) is 16.7. The third-order valence-corrected chi connectivity index (χ3v) is 5.17. The summed E-state index contributed by atoms with van der Waals surface area (Å²) < 4.78 is 7.44. The number of hydrogen-bond donors (Lipinski definition) is 2. The van der Waals surface area contributed by atoms with Crippen molar-refractivity contribution in [2.24, 2.45) is 11.8 Å². The molecule has 2 N–H and O–H groups in total. The lowest BCUT2D eigenvalue weighted by Crippen LogP contribution is -2.39. The van der Waals surface area contributed by atoms with Crippen LogP contribution < -0.4 is 10.2 Å². The van der Waals surface area contributed by atoms with Crippen LogP contribution in [0.15, 0.2) is 12.7 Å². The van der Waals surface area contributed by atoms with E-state index in [0.717, 1.165) is 18.7 Å². The molecule has 2 aromatic rings. The monoisotopic (exact) mass is 391 g/mol. The minimum atomic E-state index is -0.128. The number of rotatable bonds is 8. The van der Waals surface area contributed by atoms with Crippen molar-refractivity contribution in [1.82, 2.24) is 29.7 Å². The summed E-state index contributed by atoms with van der Waals surface area (Å²) in [5.74, 6) is 1.18. The number of imidazole rings is 1. The van der Waals surface area contributed by atoms with E-state index in [0.29, 0.717) is 43.5 Å². The molecule has 0 radical (unpaired) electrons. The van der Waals surface area contributed by atoms with Crippen molar-refractivity contribution in [1.29, 1.82) is 0 Å². The molecule has 3 heterocycles. The van der Waals surface area contributed by atoms with Gasteiger partial charge in [0, 0.05) is 66.5 Å². The Bertz CT molecular complexity index is 789. The van der Waals surface area contributed by atoms with Crippen molar-refractivity contribution in [3.8, 4) is 0 Å². The Morgan fingerprint density at radius 1 is 1.39 bits per heavy atom. The second kappa shape index (κ2) is 9.16. The van der Waals surface area contributed by atoms with Gasteiger partial charge in [0.25, 0.3) is 0 Å². The summed E-state index contributed by atoms with van der Waals surface area (Å²) in [7, 11) is 5.32. The summed E-state index contributed by atoms with van der Waals surface area (Å²) in [5, 5.41) is 12.7. The molecule has 2 unspecified atom stereocenters. The lowest BCUT2D eigenvalue weighted by Gasteiger charge is -2.21. The summed E-state index contributed by atoms with van der Waals surface area (Å²) in [6.45, 7) is 3.29. The van der Waals surface area contributed by atoms with E-state index < -0.39 is 0 Å². The van der Waals surface area contributed by atoms with E-state index in [9.17, 15) is 9.90 Å². The number of anilines is 1. The Morgan fingerprint density at radius 3 is 2.89 bits per heavy atom. The Hall–Kier alpha value is -2.46. The average Bonchev–Trinajstić information content (AvgIpc) is 3.35. The van der Waals surface area contributed by atoms with Gasteiger partial charge < -0.3 is 29.5 Å². The molecule has 2 aromatic heterocycles. The lowest BCUT2D eigenvalue weighted by molar-refractivity contribution is 0.130. The van der Waals surface area contributed by atoms with Gasteiger partial charge in [-0.25, -0.2) is 19.7 Å². The number of aliphatic hydroxyl groups excluding tert-OH is 1. The highest BCUT2D eigenvalue weighted by molar-refractivity contribution is 5.83. The molecular weight excluding hydrogens is 362 g/mol. The van der Waals surface area contributed by atoms with Crippen LogP contribution in [0.2, 0.25) is 0 Å². The number of aliphatic hydroxyl groups is 1. The molecule has 1 aliphatic heterocycles. The molecule has 0 bridgehead atoms. The number of likely N-dealkylation sites (N-methyl/N-ethyl adjacent to an activating group) is 1. The molecule has 0 aromatic carbocycles. The number of ether oxygens (including phenoxy) is 1. The number of nitrogens with zero attached hydrogens (tertiary/aromatic N) is 6. The van der Waals surface area contributed by atoms with Crippen LogP contribution in [0.4, 0.5) is 10.6 Å². The third-order valence-electron chi connectivity index (χ3n) is 5.17. The van der Waals surface area contributed by atoms with Gasteiger partial charge in [0.1, 0.15) is 6.33 Å². The fraction of sp³-hybridized carbons (Fsp3) is 0.667. The molecule has 2 atom stereocenters. The van der Waals surface area contributed by atoms with Gasteiger partial charge in [0.15, 0.2) is 17.0 Å². The van der Waals surface area contributed by atoms with Gasteiger partial charge in [-0.2, -0.15) is 0 Å². The highest BCUT2D eigenvalue weighted by atomic mass is 16.5. The summed E-state index contributed by atoms with van der Waals surface area (Å²) in [6, 6.07) is -0.128. The predicted molar refractivity (Wildman–Crippen MR) is 105 cm³/mol. The second-order valence-electron chi connectivity index (χ2n) is 7.38.